The third-order valence-electron chi connectivity index (χ3n) is 0.721. The van der Waals surface area contributed by atoms with Crippen LogP contribution in [0.25, 0.3) is 0 Å². The summed E-state index contributed by atoms with van der Waals surface area (Å²) < 4.78 is 10.6. The first-order valence-corrected chi connectivity index (χ1v) is 4.38. The molecule has 0 aliphatic rings. The monoisotopic (exact) mass is 151 g/mol. The largest absolute Gasteiger partial charge is 0.340 e. The Kier molecular flexibility index (Phi) is 2.91. The summed E-state index contributed by atoms with van der Waals surface area (Å²) in [6.07, 6.45) is 0. The fourth-order valence-corrected chi connectivity index (χ4v) is 0.463. The highest BCUT2D eigenvalue weighted by atomic mass is 31.2. The van der Waals surface area contributed by atoms with Crippen LogP contribution in [0.5, 0.6) is 0 Å². The summed E-state index contributed by atoms with van der Waals surface area (Å²) in [5.41, 5.74) is 2.18. The molecule has 0 heterocycles. The standard InChI is InChI=1S/C4H10NO3P/c1-4(5-8-2)9(3,6)7/h5H,1H2,2-3H3,(H,6,7). The average molecular weight is 151 g/mol. The highest BCUT2D eigenvalue weighted by Gasteiger charge is 2.13. The molecule has 0 aliphatic heterocycles. The van der Waals surface area contributed by atoms with Gasteiger partial charge in [-0.1, -0.05) is 6.58 Å². The van der Waals surface area contributed by atoms with Gasteiger partial charge in [-0.2, -0.15) is 0 Å². The van der Waals surface area contributed by atoms with E-state index in [4.69, 9.17) is 4.89 Å². The Labute approximate surface area is 53.9 Å². The molecule has 0 saturated heterocycles. The first kappa shape index (κ1) is 8.69. The van der Waals surface area contributed by atoms with E-state index >= 15 is 0 Å². The van der Waals surface area contributed by atoms with Gasteiger partial charge in [-0.3, -0.25) is 14.9 Å². The summed E-state index contributed by atoms with van der Waals surface area (Å²) in [4.78, 5) is 13.1. The van der Waals surface area contributed by atoms with Crippen LogP contribution in [0, 0.1) is 0 Å². The summed E-state index contributed by atoms with van der Waals surface area (Å²) >= 11 is 0. The summed E-state index contributed by atoms with van der Waals surface area (Å²) in [5.74, 6) is 0. The molecule has 0 amide bonds. The van der Waals surface area contributed by atoms with Gasteiger partial charge < -0.3 is 4.89 Å². The maximum Gasteiger partial charge on any atom is 0.243 e. The first-order chi connectivity index (χ1) is 3.98. The lowest BCUT2D eigenvalue weighted by Crippen LogP contribution is -2.09. The van der Waals surface area contributed by atoms with Crippen LogP contribution in [0.3, 0.4) is 0 Å². The van der Waals surface area contributed by atoms with Gasteiger partial charge >= 0.3 is 0 Å². The van der Waals surface area contributed by atoms with Gasteiger partial charge in [0.2, 0.25) is 7.37 Å². The molecule has 0 aromatic heterocycles. The minimum atomic E-state index is -3.20. The minimum absolute atomic E-state index is 0.00463. The number of hydroxylamine groups is 1. The molecule has 4 nitrogen and oxygen atoms in total. The second kappa shape index (κ2) is 3.01. The second-order valence-corrected chi connectivity index (χ2v) is 3.93. The summed E-state index contributed by atoms with van der Waals surface area (Å²) in [5, 5.41) is 0. The Morgan fingerprint density at radius 1 is 1.89 bits per heavy atom. The fraction of sp³-hybridized carbons (Fsp3) is 0.500. The van der Waals surface area contributed by atoms with Crippen LogP contribution >= 0.6 is 7.37 Å². The van der Waals surface area contributed by atoms with E-state index in [0.29, 0.717) is 0 Å². The maximum atomic E-state index is 10.6. The molecule has 9 heavy (non-hydrogen) atoms. The topological polar surface area (TPSA) is 58.6 Å². The molecular weight excluding hydrogens is 141 g/mol. The lowest BCUT2D eigenvalue weighted by atomic mass is 11.1. The first-order valence-electron chi connectivity index (χ1n) is 2.27. The van der Waals surface area contributed by atoms with Crippen molar-refractivity contribution in [2.75, 3.05) is 13.8 Å². The molecule has 54 valence electrons. The molecule has 0 aliphatic carbocycles. The average Bonchev–Trinajstić information content (AvgIpc) is 1.64. The summed E-state index contributed by atoms with van der Waals surface area (Å²) in [6.45, 7) is 4.45. The highest BCUT2D eigenvalue weighted by molar-refractivity contribution is 7.61. The zero-order valence-corrected chi connectivity index (χ0v) is 6.31. The Hall–Kier alpha value is -0.310. The van der Waals surface area contributed by atoms with Crippen molar-refractivity contribution in [2.45, 2.75) is 0 Å². The predicted octanol–water partition coefficient (Wildman–Crippen LogP) is 0.509. The van der Waals surface area contributed by atoms with Crippen molar-refractivity contribution in [3.8, 4) is 0 Å². The molecule has 0 spiro atoms. The van der Waals surface area contributed by atoms with E-state index in [2.05, 4.69) is 16.9 Å². The van der Waals surface area contributed by atoms with Crippen molar-refractivity contribution in [3.05, 3.63) is 12.0 Å². The van der Waals surface area contributed by atoms with Crippen LogP contribution in [-0.2, 0) is 9.40 Å². The van der Waals surface area contributed by atoms with E-state index in [1.165, 1.54) is 13.8 Å². The van der Waals surface area contributed by atoms with Gasteiger partial charge in [0, 0.05) is 6.66 Å². The molecule has 1 atom stereocenters. The van der Waals surface area contributed by atoms with Gasteiger partial charge in [-0.25, -0.2) is 0 Å². The number of nitrogens with one attached hydrogen (secondary N) is 1. The molecule has 0 saturated carbocycles. The van der Waals surface area contributed by atoms with Crippen molar-refractivity contribution in [1.82, 2.24) is 5.48 Å². The van der Waals surface area contributed by atoms with Crippen LogP contribution in [-0.4, -0.2) is 18.7 Å². The quantitative estimate of drug-likeness (QED) is 0.455. The van der Waals surface area contributed by atoms with Gasteiger partial charge in [-0.05, 0) is 0 Å². The summed E-state index contributed by atoms with van der Waals surface area (Å²) in [6, 6.07) is 0. The lowest BCUT2D eigenvalue weighted by Gasteiger charge is -2.08. The van der Waals surface area contributed by atoms with Crippen molar-refractivity contribution in [1.29, 1.82) is 0 Å². The molecule has 0 fully saturated rings. The highest BCUT2D eigenvalue weighted by Crippen LogP contribution is 2.42. The SMILES string of the molecule is C=C(NOC)P(C)(=O)O. The molecule has 0 rings (SSSR count). The van der Waals surface area contributed by atoms with Gasteiger partial charge in [-0.15, -0.1) is 0 Å². The number of hydrogen-bond donors (Lipinski definition) is 2. The van der Waals surface area contributed by atoms with Crippen molar-refractivity contribution in [2.24, 2.45) is 0 Å². The van der Waals surface area contributed by atoms with E-state index < -0.39 is 7.37 Å². The molecule has 0 aromatic carbocycles. The predicted molar refractivity (Wildman–Crippen MR) is 35.0 cm³/mol. The molecule has 2 N–H and O–H groups in total. The number of rotatable bonds is 3. The van der Waals surface area contributed by atoms with Crippen LogP contribution in [0.2, 0.25) is 0 Å². The van der Waals surface area contributed by atoms with Crippen LogP contribution in [0.1, 0.15) is 0 Å². The summed E-state index contributed by atoms with van der Waals surface area (Å²) in [7, 11) is -1.86. The Bertz CT molecular complexity index is 150. The van der Waals surface area contributed by atoms with Gasteiger partial charge in [0.25, 0.3) is 0 Å². The van der Waals surface area contributed by atoms with Crippen molar-refractivity contribution >= 4 is 7.37 Å². The van der Waals surface area contributed by atoms with E-state index in [1.807, 2.05) is 0 Å². The fourth-order valence-electron chi connectivity index (χ4n) is 0.203. The van der Waals surface area contributed by atoms with Gasteiger partial charge in [0.15, 0.2) is 0 Å². The second-order valence-electron chi connectivity index (χ2n) is 1.63. The smallest absolute Gasteiger partial charge is 0.243 e. The zero-order valence-electron chi connectivity index (χ0n) is 5.42. The Morgan fingerprint density at radius 3 is 2.44 bits per heavy atom. The number of hydrogen-bond acceptors (Lipinski definition) is 3. The normalized spacial score (nSPS) is 16.3. The van der Waals surface area contributed by atoms with E-state index in [1.54, 1.807) is 0 Å². The van der Waals surface area contributed by atoms with E-state index in [-0.39, 0.29) is 5.44 Å². The minimum Gasteiger partial charge on any atom is -0.340 e. The van der Waals surface area contributed by atoms with Crippen LogP contribution in [0.15, 0.2) is 12.0 Å². The van der Waals surface area contributed by atoms with E-state index in [9.17, 15) is 4.57 Å². The van der Waals surface area contributed by atoms with Gasteiger partial charge in [0.1, 0.15) is 5.44 Å². The molecular formula is C4H10NO3P. The molecule has 5 heteroatoms. The Balaban J connectivity index is 3.90. The van der Waals surface area contributed by atoms with Crippen molar-refractivity contribution in [3.63, 3.8) is 0 Å². The molecule has 1 unspecified atom stereocenters. The van der Waals surface area contributed by atoms with E-state index in [0.717, 1.165) is 0 Å². The van der Waals surface area contributed by atoms with Crippen molar-refractivity contribution < 1.29 is 14.3 Å². The zero-order chi connectivity index (χ0) is 7.49. The molecule has 0 radical (unpaired) electrons. The van der Waals surface area contributed by atoms with Gasteiger partial charge in [0.05, 0.1) is 7.11 Å². The Morgan fingerprint density at radius 2 is 2.33 bits per heavy atom. The van der Waals surface area contributed by atoms with Crippen LogP contribution in [0.4, 0.5) is 0 Å². The lowest BCUT2D eigenvalue weighted by molar-refractivity contribution is 0.123. The maximum absolute atomic E-state index is 10.6. The molecule has 0 aromatic rings. The third-order valence-corrected chi connectivity index (χ3v) is 1.81. The molecule has 0 bridgehead atoms. The van der Waals surface area contributed by atoms with Crippen LogP contribution < -0.4 is 5.48 Å². The third kappa shape index (κ3) is 3.30.